The van der Waals surface area contributed by atoms with E-state index in [4.69, 9.17) is 0 Å². The summed E-state index contributed by atoms with van der Waals surface area (Å²) >= 11 is 0. The van der Waals surface area contributed by atoms with Gasteiger partial charge >= 0.3 is 0 Å². The van der Waals surface area contributed by atoms with E-state index in [1.165, 1.54) is 19.3 Å². The van der Waals surface area contributed by atoms with Gasteiger partial charge in [0.1, 0.15) is 0 Å². The third kappa shape index (κ3) is 5.17. The number of hydrogen-bond acceptors (Lipinski definition) is 3. The molecule has 1 aliphatic heterocycles. The summed E-state index contributed by atoms with van der Waals surface area (Å²) < 4.78 is 1.79. The van der Waals surface area contributed by atoms with Gasteiger partial charge < -0.3 is 10.2 Å². The Hall–Kier alpha value is -2.89. The Balaban J connectivity index is 1.32. The van der Waals surface area contributed by atoms with Crippen LogP contribution in [0.2, 0.25) is 0 Å². The van der Waals surface area contributed by atoms with Gasteiger partial charge in [-0.3, -0.25) is 9.59 Å². The minimum atomic E-state index is -0.0983. The number of carbonyl (C=O) groups is 2. The van der Waals surface area contributed by atoms with Crippen molar-refractivity contribution in [3.63, 3.8) is 0 Å². The van der Waals surface area contributed by atoms with Gasteiger partial charge in [-0.25, -0.2) is 4.68 Å². The van der Waals surface area contributed by atoms with Crippen LogP contribution in [-0.2, 0) is 9.59 Å². The molecule has 1 saturated heterocycles. The van der Waals surface area contributed by atoms with Crippen LogP contribution >= 0.6 is 0 Å². The van der Waals surface area contributed by atoms with Gasteiger partial charge in [0, 0.05) is 37.0 Å². The van der Waals surface area contributed by atoms with Crippen molar-refractivity contribution in [2.24, 2.45) is 5.92 Å². The molecular weight excluding hydrogens is 376 g/mol. The molecule has 2 fully saturated rings. The van der Waals surface area contributed by atoms with E-state index in [2.05, 4.69) is 10.4 Å². The average Bonchev–Trinajstić information content (AvgIpc) is 3.28. The molecule has 158 valence electrons. The van der Waals surface area contributed by atoms with E-state index in [0.29, 0.717) is 19.1 Å². The Morgan fingerprint density at radius 1 is 1.03 bits per heavy atom. The molecule has 1 aromatic heterocycles. The lowest BCUT2D eigenvalue weighted by Crippen LogP contribution is -2.47. The van der Waals surface area contributed by atoms with E-state index < -0.39 is 0 Å². The van der Waals surface area contributed by atoms with Crippen LogP contribution in [0.25, 0.3) is 11.8 Å². The maximum absolute atomic E-state index is 12.7. The van der Waals surface area contributed by atoms with Crippen molar-refractivity contribution < 1.29 is 9.59 Å². The molecule has 1 unspecified atom stereocenters. The van der Waals surface area contributed by atoms with Gasteiger partial charge in [0.2, 0.25) is 11.8 Å². The Bertz CT molecular complexity index is 884. The van der Waals surface area contributed by atoms with E-state index >= 15 is 0 Å². The van der Waals surface area contributed by atoms with Crippen LogP contribution in [0.4, 0.5) is 0 Å². The predicted molar refractivity (Wildman–Crippen MR) is 117 cm³/mol. The lowest BCUT2D eigenvalue weighted by molar-refractivity contribution is -0.132. The highest BCUT2D eigenvalue weighted by Gasteiger charge is 2.29. The van der Waals surface area contributed by atoms with Gasteiger partial charge in [-0.05, 0) is 43.9 Å². The second-order valence-corrected chi connectivity index (χ2v) is 8.35. The fraction of sp³-hybridized carbons (Fsp3) is 0.458. The summed E-state index contributed by atoms with van der Waals surface area (Å²) in [6.45, 7) is 1.21. The van der Waals surface area contributed by atoms with Crippen molar-refractivity contribution in [2.45, 2.75) is 51.0 Å². The Kier molecular flexibility index (Phi) is 6.62. The third-order valence-electron chi connectivity index (χ3n) is 6.10. The number of rotatable bonds is 5. The Labute approximate surface area is 178 Å². The minimum Gasteiger partial charge on any atom is -0.353 e. The first-order chi connectivity index (χ1) is 14.7. The molecule has 2 aliphatic rings. The Morgan fingerprint density at radius 3 is 2.63 bits per heavy atom. The SMILES string of the molecule is O=C(NC1CCCCC1)C1CCCN(C(=O)/C=C/c2cnn(-c3ccccc3)c2)C1. The largest absolute Gasteiger partial charge is 0.353 e. The summed E-state index contributed by atoms with van der Waals surface area (Å²) in [4.78, 5) is 27.2. The molecule has 2 amide bonds. The lowest BCUT2D eigenvalue weighted by Gasteiger charge is -2.33. The second kappa shape index (κ2) is 9.74. The van der Waals surface area contributed by atoms with E-state index in [-0.39, 0.29) is 17.7 Å². The molecule has 1 aliphatic carbocycles. The molecule has 1 aromatic carbocycles. The molecule has 4 rings (SSSR count). The standard InChI is InChI=1S/C24H30N4O2/c29-23(14-13-19-16-25-28(17-19)22-11-5-2-6-12-22)27-15-7-8-20(18-27)24(30)26-21-9-3-1-4-10-21/h2,5-6,11-14,16-17,20-21H,1,3-4,7-10,15,18H2,(H,26,30)/b14-13+. The number of amides is 2. The fourth-order valence-electron chi connectivity index (χ4n) is 4.37. The zero-order valence-electron chi connectivity index (χ0n) is 17.4. The van der Waals surface area contributed by atoms with Gasteiger partial charge in [-0.2, -0.15) is 5.10 Å². The molecule has 1 saturated carbocycles. The number of nitrogens with one attached hydrogen (secondary N) is 1. The van der Waals surface area contributed by atoms with Crippen LogP contribution in [0.3, 0.4) is 0 Å². The summed E-state index contributed by atoms with van der Waals surface area (Å²) in [7, 11) is 0. The van der Waals surface area contributed by atoms with Gasteiger partial charge in [0.15, 0.2) is 0 Å². The van der Waals surface area contributed by atoms with Crippen LogP contribution in [0.1, 0.15) is 50.5 Å². The number of piperidine rings is 1. The maximum atomic E-state index is 12.7. The zero-order valence-corrected chi connectivity index (χ0v) is 17.4. The van der Waals surface area contributed by atoms with E-state index in [9.17, 15) is 9.59 Å². The number of benzene rings is 1. The highest BCUT2D eigenvalue weighted by Crippen LogP contribution is 2.21. The van der Waals surface area contributed by atoms with Gasteiger partial charge in [-0.15, -0.1) is 0 Å². The van der Waals surface area contributed by atoms with Crippen molar-refractivity contribution in [3.05, 3.63) is 54.4 Å². The highest BCUT2D eigenvalue weighted by atomic mass is 16.2. The molecule has 2 aromatic rings. The zero-order chi connectivity index (χ0) is 20.8. The van der Waals surface area contributed by atoms with Crippen molar-refractivity contribution in [3.8, 4) is 5.69 Å². The number of hydrogen-bond donors (Lipinski definition) is 1. The van der Waals surface area contributed by atoms with E-state index in [1.54, 1.807) is 27.9 Å². The number of para-hydroxylation sites is 1. The monoisotopic (exact) mass is 406 g/mol. The smallest absolute Gasteiger partial charge is 0.246 e. The lowest BCUT2D eigenvalue weighted by atomic mass is 9.93. The molecule has 0 spiro atoms. The summed E-state index contributed by atoms with van der Waals surface area (Å²) in [6, 6.07) is 10.2. The maximum Gasteiger partial charge on any atom is 0.246 e. The molecule has 2 heterocycles. The molecule has 1 N–H and O–H groups in total. The van der Waals surface area contributed by atoms with Crippen molar-refractivity contribution in [1.29, 1.82) is 0 Å². The molecular formula is C24H30N4O2. The second-order valence-electron chi connectivity index (χ2n) is 8.35. The molecule has 6 heteroatoms. The summed E-state index contributed by atoms with van der Waals surface area (Å²) in [5, 5.41) is 7.57. The number of likely N-dealkylation sites (tertiary alicyclic amines) is 1. The number of nitrogens with zero attached hydrogens (tertiary/aromatic N) is 3. The van der Waals surface area contributed by atoms with Crippen molar-refractivity contribution >= 4 is 17.9 Å². The minimum absolute atomic E-state index is 0.0439. The van der Waals surface area contributed by atoms with Crippen LogP contribution in [-0.4, -0.2) is 45.6 Å². The van der Waals surface area contributed by atoms with E-state index in [0.717, 1.165) is 36.9 Å². The first kappa shape index (κ1) is 20.4. The van der Waals surface area contributed by atoms with Crippen LogP contribution in [0.15, 0.2) is 48.8 Å². The summed E-state index contributed by atoms with van der Waals surface area (Å²) in [5.74, 6) is -0.0241. The molecule has 1 atom stereocenters. The Morgan fingerprint density at radius 2 is 1.83 bits per heavy atom. The highest BCUT2D eigenvalue weighted by molar-refractivity contribution is 5.92. The molecule has 0 bridgehead atoms. The quantitative estimate of drug-likeness (QED) is 0.772. The van der Waals surface area contributed by atoms with Crippen molar-refractivity contribution in [1.82, 2.24) is 20.0 Å². The van der Waals surface area contributed by atoms with Gasteiger partial charge in [0.25, 0.3) is 0 Å². The molecule has 30 heavy (non-hydrogen) atoms. The third-order valence-corrected chi connectivity index (χ3v) is 6.10. The summed E-state index contributed by atoms with van der Waals surface area (Å²) in [6.07, 6.45) is 14.6. The number of aromatic nitrogens is 2. The molecule has 6 nitrogen and oxygen atoms in total. The fourth-order valence-corrected chi connectivity index (χ4v) is 4.37. The topological polar surface area (TPSA) is 67.2 Å². The first-order valence-electron chi connectivity index (χ1n) is 11.1. The van der Waals surface area contributed by atoms with Crippen LogP contribution < -0.4 is 5.32 Å². The van der Waals surface area contributed by atoms with Crippen molar-refractivity contribution in [2.75, 3.05) is 13.1 Å². The first-order valence-corrected chi connectivity index (χ1v) is 11.1. The number of carbonyl (C=O) groups excluding carboxylic acids is 2. The van der Waals surface area contributed by atoms with Gasteiger partial charge in [-0.1, -0.05) is 37.5 Å². The average molecular weight is 407 g/mol. The molecule has 0 radical (unpaired) electrons. The van der Waals surface area contributed by atoms with Crippen LogP contribution in [0.5, 0.6) is 0 Å². The van der Waals surface area contributed by atoms with E-state index in [1.807, 2.05) is 36.5 Å². The normalized spacial score (nSPS) is 20.4. The summed E-state index contributed by atoms with van der Waals surface area (Å²) in [5.41, 5.74) is 1.85. The van der Waals surface area contributed by atoms with Crippen LogP contribution in [0, 0.1) is 5.92 Å². The predicted octanol–water partition coefficient (Wildman–Crippen LogP) is 3.57. The van der Waals surface area contributed by atoms with Gasteiger partial charge in [0.05, 0.1) is 17.8 Å².